The molecule has 106 valence electrons. The van der Waals surface area contributed by atoms with Gasteiger partial charge in [-0.2, -0.15) is 0 Å². The molecule has 1 aromatic carbocycles. The van der Waals surface area contributed by atoms with Gasteiger partial charge in [-0.05, 0) is 56.1 Å². The number of hydrogen-bond acceptors (Lipinski definition) is 3. The summed E-state index contributed by atoms with van der Waals surface area (Å²) < 4.78 is 11.0. The van der Waals surface area contributed by atoms with Gasteiger partial charge in [0.25, 0.3) is 0 Å². The van der Waals surface area contributed by atoms with Crippen LogP contribution in [-0.2, 0) is 6.42 Å². The van der Waals surface area contributed by atoms with E-state index >= 15 is 0 Å². The summed E-state index contributed by atoms with van der Waals surface area (Å²) in [6.07, 6.45) is 3.70. The summed E-state index contributed by atoms with van der Waals surface area (Å²) in [4.78, 5) is 2.34. The van der Waals surface area contributed by atoms with E-state index in [9.17, 15) is 0 Å². The van der Waals surface area contributed by atoms with Crippen molar-refractivity contribution >= 4 is 12.4 Å². The minimum atomic E-state index is 0. The van der Waals surface area contributed by atoms with Gasteiger partial charge >= 0.3 is 0 Å². The summed E-state index contributed by atoms with van der Waals surface area (Å²) in [5.41, 5.74) is 2.87. The van der Waals surface area contributed by atoms with E-state index in [0.717, 1.165) is 17.4 Å². The Labute approximate surface area is 121 Å². The number of rotatable bonds is 3. The molecule has 2 aliphatic rings. The zero-order valence-electron chi connectivity index (χ0n) is 11.8. The van der Waals surface area contributed by atoms with Crippen molar-refractivity contribution in [1.29, 1.82) is 0 Å². The summed E-state index contributed by atoms with van der Waals surface area (Å²) in [6, 6.07) is 4.90. The standard InChI is InChI=1S/C15H21NO2.ClH/c1-4-5-10-6-11-7-13-14(18-9-17-13)8-12(11)15(10)16(2)3;/h7-8,10,15H,4-6,9H2,1-3H3;1H. The molecule has 0 spiro atoms. The molecule has 0 aromatic heterocycles. The second-order valence-electron chi connectivity index (χ2n) is 5.57. The Morgan fingerprint density at radius 2 is 1.89 bits per heavy atom. The molecule has 0 fully saturated rings. The van der Waals surface area contributed by atoms with E-state index in [-0.39, 0.29) is 12.4 Å². The highest BCUT2D eigenvalue weighted by atomic mass is 35.5. The average molecular weight is 284 g/mol. The Bertz CT molecular complexity index is 462. The molecule has 2 atom stereocenters. The average Bonchev–Trinajstić information content (AvgIpc) is 2.88. The van der Waals surface area contributed by atoms with Crippen molar-refractivity contribution < 1.29 is 9.47 Å². The monoisotopic (exact) mass is 283 g/mol. The molecule has 0 saturated carbocycles. The van der Waals surface area contributed by atoms with E-state index in [1.165, 1.54) is 30.4 Å². The smallest absolute Gasteiger partial charge is 0.231 e. The zero-order valence-corrected chi connectivity index (χ0v) is 12.6. The van der Waals surface area contributed by atoms with E-state index in [1.54, 1.807) is 0 Å². The van der Waals surface area contributed by atoms with Gasteiger partial charge in [0, 0.05) is 6.04 Å². The van der Waals surface area contributed by atoms with E-state index in [0.29, 0.717) is 12.8 Å². The van der Waals surface area contributed by atoms with Gasteiger partial charge in [0.2, 0.25) is 6.79 Å². The molecule has 1 aliphatic carbocycles. The van der Waals surface area contributed by atoms with Crippen LogP contribution in [0.4, 0.5) is 0 Å². The first kappa shape index (κ1) is 14.5. The lowest BCUT2D eigenvalue weighted by Crippen LogP contribution is -2.24. The van der Waals surface area contributed by atoms with Crippen LogP contribution in [0, 0.1) is 5.92 Å². The molecule has 0 bridgehead atoms. The molecule has 2 unspecified atom stereocenters. The molecular weight excluding hydrogens is 262 g/mol. The molecule has 0 radical (unpaired) electrons. The molecule has 3 nitrogen and oxygen atoms in total. The maximum Gasteiger partial charge on any atom is 0.231 e. The molecule has 3 rings (SSSR count). The van der Waals surface area contributed by atoms with Gasteiger partial charge in [-0.25, -0.2) is 0 Å². The first-order valence-electron chi connectivity index (χ1n) is 6.79. The van der Waals surface area contributed by atoms with Gasteiger partial charge in [0.15, 0.2) is 11.5 Å². The van der Waals surface area contributed by atoms with Crippen LogP contribution in [0.5, 0.6) is 11.5 Å². The van der Waals surface area contributed by atoms with Gasteiger partial charge in [-0.1, -0.05) is 13.3 Å². The lowest BCUT2D eigenvalue weighted by Gasteiger charge is -2.27. The van der Waals surface area contributed by atoms with Crippen LogP contribution >= 0.6 is 12.4 Å². The summed E-state index contributed by atoms with van der Waals surface area (Å²) in [6.45, 7) is 2.63. The normalized spacial score (nSPS) is 23.4. The summed E-state index contributed by atoms with van der Waals surface area (Å²) in [7, 11) is 4.35. The predicted octanol–water partition coefficient (Wildman–Crippen LogP) is 3.41. The van der Waals surface area contributed by atoms with Gasteiger partial charge in [-0.3, -0.25) is 0 Å². The molecular formula is C15H22ClNO2. The Kier molecular flexibility index (Phi) is 4.26. The number of halogens is 1. The maximum atomic E-state index is 5.51. The Balaban J connectivity index is 0.00000133. The molecule has 0 N–H and O–H groups in total. The van der Waals surface area contributed by atoms with Crippen molar-refractivity contribution in [3.63, 3.8) is 0 Å². The second kappa shape index (κ2) is 5.59. The van der Waals surface area contributed by atoms with Crippen molar-refractivity contribution in [3.05, 3.63) is 23.3 Å². The molecule has 4 heteroatoms. The van der Waals surface area contributed by atoms with Gasteiger partial charge in [-0.15, -0.1) is 12.4 Å². The number of benzene rings is 1. The summed E-state index contributed by atoms with van der Waals surface area (Å²) in [5.74, 6) is 2.56. The lowest BCUT2D eigenvalue weighted by atomic mass is 9.95. The van der Waals surface area contributed by atoms with Crippen molar-refractivity contribution in [3.8, 4) is 11.5 Å². The fourth-order valence-corrected chi connectivity index (χ4v) is 3.43. The van der Waals surface area contributed by atoms with Crippen LogP contribution in [0.15, 0.2) is 12.1 Å². The van der Waals surface area contributed by atoms with Gasteiger partial charge in [0.05, 0.1) is 0 Å². The van der Waals surface area contributed by atoms with Crippen LogP contribution in [0.1, 0.15) is 36.9 Å². The SMILES string of the molecule is CCCC1Cc2cc3c(cc2C1N(C)C)OCO3.Cl. The van der Waals surface area contributed by atoms with Crippen molar-refractivity contribution in [2.45, 2.75) is 32.2 Å². The third-order valence-electron chi connectivity index (χ3n) is 4.10. The zero-order chi connectivity index (χ0) is 12.7. The number of hydrogen-bond donors (Lipinski definition) is 0. The molecule has 1 aromatic rings. The van der Waals surface area contributed by atoms with Crippen molar-refractivity contribution in [2.75, 3.05) is 20.9 Å². The minimum absolute atomic E-state index is 0. The van der Waals surface area contributed by atoms with Crippen LogP contribution in [-0.4, -0.2) is 25.8 Å². The highest BCUT2D eigenvalue weighted by molar-refractivity contribution is 5.85. The summed E-state index contributed by atoms with van der Waals surface area (Å²) >= 11 is 0. The van der Waals surface area contributed by atoms with Crippen LogP contribution in [0.2, 0.25) is 0 Å². The molecule has 0 amide bonds. The second-order valence-corrected chi connectivity index (χ2v) is 5.57. The number of fused-ring (bicyclic) bond motifs is 2. The highest BCUT2D eigenvalue weighted by Crippen LogP contribution is 2.46. The first-order chi connectivity index (χ1) is 8.70. The topological polar surface area (TPSA) is 21.7 Å². The lowest BCUT2D eigenvalue weighted by molar-refractivity contribution is 0.173. The van der Waals surface area contributed by atoms with E-state index in [2.05, 4.69) is 38.1 Å². The fourth-order valence-electron chi connectivity index (χ4n) is 3.43. The molecule has 19 heavy (non-hydrogen) atoms. The van der Waals surface area contributed by atoms with Gasteiger partial charge in [0.1, 0.15) is 0 Å². The largest absolute Gasteiger partial charge is 0.454 e. The molecule has 1 heterocycles. The van der Waals surface area contributed by atoms with Crippen LogP contribution in [0.25, 0.3) is 0 Å². The summed E-state index contributed by atoms with van der Waals surface area (Å²) in [5, 5.41) is 0. The Morgan fingerprint density at radius 1 is 1.21 bits per heavy atom. The minimum Gasteiger partial charge on any atom is -0.454 e. The molecule has 1 aliphatic heterocycles. The maximum absolute atomic E-state index is 5.51. The first-order valence-corrected chi connectivity index (χ1v) is 6.79. The Hall–Kier alpha value is -0.930. The van der Waals surface area contributed by atoms with E-state index < -0.39 is 0 Å². The van der Waals surface area contributed by atoms with Crippen molar-refractivity contribution in [1.82, 2.24) is 4.90 Å². The fraction of sp³-hybridized carbons (Fsp3) is 0.600. The van der Waals surface area contributed by atoms with Crippen molar-refractivity contribution in [2.24, 2.45) is 5.92 Å². The third-order valence-corrected chi connectivity index (χ3v) is 4.10. The Morgan fingerprint density at radius 3 is 2.53 bits per heavy atom. The highest BCUT2D eigenvalue weighted by Gasteiger charge is 2.35. The van der Waals surface area contributed by atoms with E-state index in [1.807, 2.05) is 0 Å². The van der Waals surface area contributed by atoms with Crippen LogP contribution < -0.4 is 9.47 Å². The van der Waals surface area contributed by atoms with Crippen LogP contribution in [0.3, 0.4) is 0 Å². The predicted molar refractivity (Wildman–Crippen MR) is 78.3 cm³/mol. The number of ether oxygens (including phenoxy) is 2. The quantitative estimate of drug-likeness (QED) is 0.848. The van der Waals surface area contributed by atoms with E-state index in [4.69, 9.17) is 9.47 Å². The molecule has 0 saturated heterocycles. The third kappa shape index (κ3) is 2.41. The van der Waals surface area contributed by atoms with Gasteiger partial charge < -0.3 is 14.4 Å². The number of nitrogens with zero attached hydrogens (tertiary/aromatic N) is 1.